The maximum atomic E-state index is 13.4. The monoisotopic (exact) mass is 809 g/mol. The van der Waals surface area contributed by atoms with E-state index in [1.807, 2.05) is 30.3 Å². The summed E-state index contributed by atoms with van der Waals surface area (Å²) in [4.78, 5) is 31.4. The van der Waals surface area contributed by atoms with Gasteiger partial charge in [0.05, 0.1) is 25.5 Å². The van der Waals surface area contributed by atoms with E-state index in [1.165, 1.54) is 19.3 Å². The molecule has 4 aliphatic carbocycles. The number of urea groups is 1. The van der Waals surface area contributed by atoms with Crippen LogP contribution in [-0.2, 0) is 27.4 Å². The number of anilines is 1. The molecule has 7 fully saturated rings. The third-order valence-electron chi connectivity index (χ3n) is 14.9. The number of hydrogen-bond donors (Lipinski definition) is 4. The summed E-state index contributed by atoms with van der Waals surface area (Å²) in [5.74, 6) is 2.51. The highest BCUT2D eigenvalue weighted by Gasteiger charge is 2.52. The second-order valence-corrected chi connectivity index (χ2v) is 18.9. The smallest absolute Gasteiger partial charge is 0.315 e. The Labute approximate surface area is 354 Å². The van der Waals surface area contributed by atoms with E-state index in [1.54, 1.807) is 0 Å². The SMILES string of the molecule is CC1C(CN2CCC3(CC2)C(=O)NCN3c2ccccc2)OC(c2cccc(-c3cccc(CNC(=O)NC45CC6CC(CC(C6)C4)C5)c3)c2)OC1c1ccc(CO)cc1. The van der Waals surface area contributed by atoms with Crippen LogP contribution in [0.15, 0.2) is 103 Å². The fraction of sp³-hybridized carbons (Fsp3) is 0.480. The largest absolute Gasteiger partial charge is 0.392 e. The number of ether oxygens (including phenoxy) is 2. The molecule has 7 aliphatic rings. The molecule has 1 spiro atoms. The Morgan fingerprint density at radius 3 is 2.18 bits per heavy atom. The maximum Gasteiger partial charge on any atom is 0.315 e. The van der Waals surface area contributed by atoms with Gasteiger partial charge in [0, 0.05) is 48.9 Å². The molecule has 11 rings (SSSR count). The van der Waals surface area contributed by atoms with E-state index in [-0.39, 0.29) is 42.2 Å². The quantitative estimate of drug-likeness (QED) is 0.129. The van der Waals surface area contributed by atoms with Crippen LogP contribution in [0.3, 0.4) is 0 Å². The van der Waals surface area contributed by atoms with Crippen LogP contribution in [0, 0.1) is 23.7 Å². The molecule has 3 saturated heterocycles. The van der Waals surface area contributed by atoms with Crippen molar-refractivity contribution in [3.63, 3.8) is 0 Å². The molecule has 4 bridgehead atoms. The standard InChI is InChI=1S/C50H59N5O5/c1-33-44(30-54-19-17-50(18-20-54)47(57)52-32-55(50)43-11-3-2-4-12-43)59-46(60-45(33)39-15-13-34(31-56)14-16-39)42-10-6-9-41(25-42)40-8-5-7-35(24-40)29-51-48(58)53-49-26-36-21-37(27-49)23-38(22-36)28-49/h2-16,24-25,33,36-38,44-46,56H,17-23,26-32H2,1H3,(H,52,57)(H2,51,53,58). The summed E-state index contributed by atoms with van der Waals surface area (Å²) < 4.78 is 13.8. The van der Waals surface area contributed by atoms with E-state index in [0.717, 1.165) is 109 Å². The van der Waals surface area contributed by atoms with Crippen molar-refractivity contribution in [3.8, 4) is 11.1 Å². The van der Waals surface area contributed by atoms with Crippen molar-refractivity contribution in [1.82, 2.24) is 20.9 Å². The van der Waals surface area contributed by atoms with Crippen LogP contribution in [0.5, 0.6) is 0 Å². The number of nitrogens with zero attached hydrogens (tertiary/aromatic N) is 2. The molecule has 10 nitrogen and oxygen atoms in total. The van der Waals surface area contributed by atoms with E-state index < -0.39 is 11.8 Å². The Balaban J connectivity index is 0.835. The van der Waals surface area contributed by atoms with Gasteiger partial charge in [0.1, 0.15) is 5.54 Å². The molecule has 60 heavy (non-hydrogen) atoms. The molecule has 0 radical (unpaired) electrons. The number of benzene rings is 4. The normalized spacial score (nSPS) is 30.7. The molecular weight excluding hydrogens is 751 g/mol. The first kappa shape index (κ1) is 39.4. The topological polar surface area (TPSA) is 115 Å². The Hall–Kier alpha value is -4.74. The van der Waals surface area contributed by atoms with Gasteiger partial charge in [0.2, 0.25) is 5.91 Å². The molecule has 3 amide bonds. The molecule has 10 heteroatoms. The highest BCUT2D eigenvalue weighted by atomic mass is 16.7. The van der Waals surface area contributed by atoms with Crippen LogP contribution >= 0.6 is 0 Å². The number of amides is 3. The number of piperidine rings is 1. The fourth-order valence-corrected chi connectivity index (χ4v) is 12.2. The van der Waals surface area contributed by atoms with E-state index in [4.69, 9.17) is 9.47 Å². The van der Waals surface area contributed by atoms with E-state index in [2.05, 4.69) is 105 Å². The number of likely N-dealkylation sites (tertiary alicyclic amines) is 1. The Morgan fingerprint density at radius 1 is 0.800 bits per heavy atom. The lowest BCUT2D eigenvalue weighted by Crippen LogP contribution is -2.61. The fourth-order valence-electron chi connectivity index (χ4n) is 12.2. The summed E-state index contributed by atoms with van der Waals surface area (Å²) in [7, 11) is 0. The Bertz CT molecular complexity index is 2140. The van der Waals surface area contributed by atoms with Crippen molar-refractivity contribution in [3.05, 3.63) is 125 Å². The number of aliphatic hydroxyl groups is 1. The van der Waals surface area contributed by atoms with Gasteiger partial charge in [0.15, 0.2) is 6.29 Å². The predicted octanol–water partition coefficient (Wildman–Crippen LogP) is 7.83. The molecule has 3 aliphatic heterocycles. The van der Waals surface area contributed by atoms with Gasteiger partial charge in [-0.15, -0.1) is 0 Å². The van der Waals surface area contributed by atoms with Crippen LogP contribution < -0.4 is 20.9 Å². The van der Waals surface area contributed by atoms with Crippen LogP contribution in [0.4, 0.5) is 10.5 Å². The van der Waals surface area contributed by atoms with Gasteiger partial charge in [-0.25, -0.2) is 4.79 Å². The van der Waals surface area contributed by atoms with Crippen molar-refractivity contribution in [2.75, 3.05) is 31.2 Å². The number of rotatable bonds is 10. The first-order valence-corrected chi connectivity index (χ1v) is 22.3. The number of carbonyl (C=O) groups excluding carboxylic acids is 2. The first-order chi connectivity index (χ1) is 29.2. The number of carbonyl (C=O) groups is 2. The van der Waals surface area contributed by atoms with Gasteiger partial charge in [-0.05, 0) is 121 Å². The zero-order chi connectivity index (χ0) is 40.8. The second-order valence-electron chi connectivity index (χ2n) is 18.9. The van der Waals surface area contributed by atoms with Gasteiger partial charge in [-0.1, -0.05) is 85.8 Å². The highest BCUT2D eigenvalue weighted by molar-refractivity contribution is 5.93. The third-order valence-corrected chi connectivity index (χ3v) is 14.9. The molecule has 314 valence electrons. The maximum absolute atomic E-state index is 13.4. The molecule has 4 aromatic carbocycles. The Morgan fingerprint density at radius 2 is 1.48 bits per heavy atom. The average Bonchev–Trinajstić information content (AvgIpc) is 3.58. The molecule has 4 unspecified atom stereocenters. The minimum atomic E-state index is -0.600. The van der Waals surface area contributed by atoms with Gasteiger partial charge >= 0.3 is 6.03 Å². The number of hydrogen-bond acceptors (Lipinski definition) is 7. The molecule has 4 saturated carbocycles. The zero-order valence-corrected chi connectivity index (χ0v) is 34.7. The van der Waals surface area contributed by atoms with Crippen LogP contribution in [-0.4, -0.2) is 65.4 Å². The van der Waals surface area contributed by atoms with E-state index in [0.29, 0.717) is 13.2 Å². The summed E-state index contributed by atoms with van der Waals surface area (Å²) in [5.41, 5.74) is 6.54. The van der Waals surface area contributed by atoms with Gasteiger partial charge in [0.25, 0.3) is 0 Å². The average molecular weight is 810 g/mol. The summed E-state index contributed by atoms with van der Waals surface area (Å²) in [5, 5.41) is 19.5. The first-order valence-electron chi connectivity index (χ1n) is 22.3. The van der Waals surface area contributed by atoms with Crippen molar-refractivity contribution in [2.24, 2.45) is 23.7 Å². The summed E-state index contributed by atoms with van der Waals surface area (Å²) in [6.45, 7) is 5.48. The summed E-state index contributed by atoms with van der Waals surface area (Å²) in [6.07, 6.45) is 7.98. The second kappa shape index (κ2) is 16.3. The van der Waals surface area contributed by atoms with Gasteiger partial charge in [-0.2, -0.15) is 0 Å². The van der Waals surface area contributed by atoms with Crippen molar-refractivity contribution in [1.29, 1.82) is 0 Å². The Kier molecular flexibility index (Phi) is 10.7. The van der Waals surface area contributed by atoms with E-state index >= 15 is 0 Å². The molecule has 4 aromatic rings. The molecule has 4 N–H and O–H groups in total. The molecule has 4 atom stereocenters. The molecule has 3 heterocycles. The zero-order valence-electron chi connectivity index (χ0n) is 34.7. The van der Waals surface area contributed by atoms with E-state index in [9.17, 15) is 14.7 Å². The van der Waals surface area contributed by atoms with Crippen molar-refractivity contribution >= 4 is 17.6 Å². The minimum Gasteiger partial charge on any atom is -0.392 e. The van der Waals surface area contributed by atoms with Crippen LogP contribution in [0.25, 0.3) is 11.1 Å². The summed E-state index contributed by atoms with van der Waals surface area (Å²) in [6, 6.07) is 35.1. The lowest BCUT2D eigenvalue weighted by molar-refractivity contribution is -0.276. The third kappa shape index (κ3) is 7.72. The summed E-state index contributed by atoms with van der Waals surface area (Å²) >= 11 is 0. The van der Waals surface area contributed by atoms with Crippen LogP contribution in [0.1, 0.15) is 92.9 Å². The van der Waals surface area contributed by atoms with Crippen molar-refractivity contribution in [2.45, 2.75) is 101 Å². The highest BCUT2D eigenvalue weighted by Crippen LogP contribution is 2.55. The predicted molar refractivity (Wildman–Crippen MR) is 231 cm³/mol. The lowest BCUT2D eigenvalue weighted by atomic mass is 9.53. The lowest BCUT2D eigenvalue weighted by Gasteiger charge is -2.56. The molecule has 0 aromatic heterocycles. The van der Waals surface area contributed by atoms with Crippen LogP contribution in [0.2, 0.25) is 0 Å². The van der Waals surface area contributed by atoms with Gasteiger partial charge in [-0.3, -0.25) is 4.79 Å². The molecular formula is C50H59N5O5. The number of nitrogens with one attached hydrogen (secondary N) is 3. The minimum absolute atomic E-state index is 0.00894. The number of para-hydroxylation sites is 1. The number of aliphatic hydroxyl groups excluding tert-OH is 1. The van der Waals surface area contributed by atoms with Crippen molar-refractivity contribution < 1.29 is 24.2 Å². The van der Waals surface area contributed by atoms with Gasteiger partial charge < -0.3 is 40.3 Å².